The van der Waals surface area contributed by atoms with Gasteiger partial charge in [-0.1, -0.05) is 19.1 Å². The Morgan fingerprint density at radius 1 is 1.33 bits per heavy atom. The predicted octanol–water partition coefficient (Wildman–Crippen LogP) is 3.18. The molecule has 2 unspecified atom stereocenters. The second kappa shape index (κ2) is 5.17. The summed E-state index contributed by atoms with van der Waals surface area (Å²) in [5.41, 5.74) is 1.16. The maximum Gasteiger partial charge on any atom is 0.115 e. The molecule has 1 aromatic carbocycles. The van der Waals surface area contributed by atoms with Crippen LogP contribution in [-0.4, -0.2) is 23.1 Å². The van der Waals surface area contributed by atoms with Gasteiger partial charge in [0.25, 0.3) is 0 Å². The van der Waals surface area contributed by atoms with Gasteiger partial charge in [-0.3, -0.25) is 4.90 Å². The molecule has 0 aliphatic heterocycles. The molecule has 2 nitrogen and oxygen atoms in total. The Morgan fingerprint density at radius 3 is 2.53 bits per heavy atom. The SMILES string of the molecule is CCC(C)N(C)C(C)c1cccc(O)c1. The van der Waals surface area contributed by atoms with Crippen LogP contribution in [0.15, 0.2) is 24.3 Å². The van der Waals surface area contributed by atoms with Crippen LogP contribution in [0.2, 0.25) is 0 Å². The highest BCUT2D eigenvalue weighted by atomic mass is 16.3. The van der Waals surface area contributed by atoms with E-state index in [1.807, 2.05) is 12.1 Å². The first kappa shape index (κ1) is 12.1. The van der Waals surface area contributed by atoms with Crippen LogP contribution in [0.1, 0.15) is 38.8 Å². The zero-order valence-corrected chi connectivity index (χ0v) is 10.1. The third-order valence-electron chi connectivity index (χ3n) is 3.25. The zero-order valence-electron chi connectivity index (χ0n) is 10.1. The second-order valence-corrected chi connectivity index (χ2v) is 4.19. The summed E-state index contributed by atoms with van der Waals surface area (Å²) < 4.78 is 0. The monoisotopic (exact) mass is 207 g/mol. The van der Waals surface area contributed by atoms with E-state index < -0.39 is 0 Å². The zero-order chi connectivity index (χ0) is 11.4. The lowest BCUT2D eigenvalue weighted by Crippen LogP contribution is -2.31. The Labute approximate surface area is 92.5 Å². The normalized spacial score (nSPS) is 15.3. The average molecular weight is 207 g/mol. The Bertz CT molecular complexity index is 311. The fourth-order valence-corrected chi connectivity index (χ4v) is 1.69. The van der Waals surface area contributed by atoms with Gasteiger partial charge in [-0.05, 0) is 45.0 Å². The summed E-state index contributed by atoms with van der Waals surface area (Å²) in [6.45, 7) is 6.58. The van der Waals surface area contributed by atoms with Gasteiger partial charge >= 0.3 is 0 Å². The maximum atomic E-state index is 9.42. The van der Waals surface area contributed by atoms with Crippen LogP contribution < -0.4 is 0 Å². The van der Waals surface area contributed by atoms with Gasteiger partial charge in [0, 0.05) is 12.1 Å². The topological polar surface area (TPSA) is 23.5 Å². The summed E-state index contributed by atoms with van der Waals surface area (Å²) in [5.74, 6) is 0.344. The summed E-state index contributed by atoms with van der Waals surface area (Å²) >= 11 is 0. The third-order valence-corrected chi connectivity index (χ3v) is 3.25. The van der Waals surface area contributed by atoms with Crippen molar-refractivity contribution in [3.8, 4) is 5.75 Å². The lowest BCUT2D eigenvalue weighted by Gasteiger charge is -2.30. The second-order valence-electron chi connectivity index (χ2n) is 4.19. The number of aromatic hydroxyl groups is 1. The minimum absolute atomic E-state index is 0.340. The van der Waals surface area contributed by atoms with Crippen molar-refractivity contribution in [3.05, 3.63) is 29.8 Å². The maximum absolute atomic E-state index is 9.42. The van der Waals surface area contributed by atoms with E-state index in [9.17, 15) is 5.11 Å². The number of nitrogens with zero attached hydrogens (tertiary/aromatic N) is 1. The van der Waals surface area contributed by atoms with E-state index in [1.54, 1.807) is 6.07 Å². The molecule has 1 rings (SSSR count). The molecule has 0 radical (unpaired) electrons. The van der Waals surface area contributed by atoms with Crippen molar-refractivity contribution >= 4 is 0 Å². The number of hydrogen-bond donors (Lipinski definition) is 1. The molecular formula is C13H21NO. The van der Waals surface area contributed by atoms with Crippen molar-refractivity contribution < 1.29 is 5.11 Å². The summed E-state index contributed by atoms with van der Waals surface area (Å²) in [4.78, 5) is 2.33. The molecule has 2 atom stereocenters. The van der Waals surface area contributed by atoms with Gasteiger partial charge in [-0.2, -0.15) is 0 Å². The van der Waals surface area contributed by atoms with Crippen LogP contribution in [0.5, 0.6) is 5.75 Å². The molecule has 0 aliphatic rings. The van der Waals surface area contributed by atoms with Crippen molar-refractivity contribution in [1.82, 2.24) is 4.90 Å². The van der Waals surface area contributed by atoms with Crippen molar-refractivity contribution in [3.63, 3.8) is 0 Å². The van der Waals surface area contributed by atoms with Crippen molar-refractivity contribution in [2.24, 2.45) is 0 Å². The lowest BCUT2D eigenvalue weighted by molar-refractivity contribution is 0.192. The Kier molecular flexibility index (Phi) is 4.15. The average Bonchev–Trinajstić information content (AvgIpc) is 2.26. The molecule has 0 heterocycles. The van der Waals surface area contributed by atoms with Crippen LogP contribution in [0.25, 0.3) is 0 Å². The van der Waals surface area contributed by atoms with Gasteiger partial charge in [0.05, 0.1) is 0 Å². The van der Waals surface area contributed by atoms with E-state index in [1.165, 1.54) is 0 Å². The number of phenols is 1. The van der Waals surface area contributed by atoms with Crippen LogP contribution in [0.3, 0.4) is 0 Å². The van der Waals surface area contributed by atoms with Gasteiger partial charge in [0.2, 0.25) is 0 Å². The molecular weight excluding hydrogens is 186 g/mol. The van der Waals surface area contributed by atoms with Gasteiger partial charge in [0.1, 0.15) is 5.75 Å². The molecule has 0 aliphatic carbocycles. The largest absolute Gasteiger partial charge is 0.508 e. The first-order valence-corrected chi connectivity index (χ1v) is 5.57. The van der Waals surface area contributed by atoms with E-state index in [0.29, 0.717) is 17.8 Å². The standard InChI is InChI=1S/C13H21NO/c1-5-10(2)14(4)11(3)12-7-6-8-13(15)9-12/h6-11,15H,5H2,1-4H3. The molecule has 1 N–H and O–H groups in total. The van der Waals surface area contributed by atoms with Crippen LogP contribution in [-0.2, 0) is 0 Å². The molecule has 0 saturated heterocycles. The number of rotatable bonds is 4. The van der Waals surface area contributed by atoms with E-state index in [4.69, 9.17) is 0 Å². The number of phenolic OH excluding ortho intramolecular Hbond substituents is 1. The molecule has 0 spiro atoms. The van der Waals surface area contributed by atoms with Crippen LogP contribution >= 0.6 is 0 Å². The Balaban J connectivity index is 2.80. The van der Waals surface area contributed by atoms with Gasteiger partial charge in [-0.15, -0.1) is 0 Å². The fourth-order valence-electron chi connectivity index (χ4n) is 1.69. The van der Waals surface area contributed by atoms with Gasteiger partial charge in [-0.25, -0.2) is 0 Å². The van der Waals surface area contributed by atoms with E-state index in [-0.39, 0.29) is 0 Å². The van der Waals surface area contributed by atoms with Crippen LogP contribution in [0, 0.1) is 0 Å². The van der Waals surface area contributed by atoms with E-state index in [2.05, 4.69) is 38.8 Å². The minimum Gasteiger partial charge on any atom is -0.508 e. The van der Waals surface area contributed by atoms with Crippen molar-refractivity contribution in [1.29, 1.82) is 0 Å². The lowest BCUT2D eigenvalue weighted by atomic mass is 10.0. The number of benzene rings is 1. The van der Waals surface area contributed by atoms with Gasteiger partial charge < -0.3 is 5.11 Å². The van der Waals surface area contributed by atoms with E-state index in [0.717, 1.165) is 12.0 Å². The molecule has 84 valence electrons. The minimum atomic E-state index is 0.340. The quantitative estimate of drug-likeness (QED) is 0.819. The smallest absolute Gasteiger partial charge is 0.115 e. The molecule has 15 heavy (non-hydrogen) atoms. The van der Waals surface area contributed by atoms with Crippen LogP contribution in [0.4, 0.5) is 0 Å². The van der Waals surface area contributed by atoms with E-state index >= 15 is 0 Å². The molecule has 2 heteroatoms. The van der Waals surface area contributed by atoms with Gasteiger partial charge in [0.15, 0.2) is 0 Å². The third kappa shape index (κ3) is 2.96. The highest BCUT2D eigenvalue weighted by molar-refractivity contribution is 5.29. The highest BCUT2D eigenvalue weighted by Crippen LogP contribution is 2.24. The molecule has 0 aromatic heterocycles. The summed E-state index contributed by atoms with van der Waals surface area (Å²) in [6.07, 6.45) is 1.14. The molecule has 1 aromatic rings. The summed E-state index contributed by atoms with van der Waals surface area (Å²) in [5, 5.41) is 9.42. The predicted molar refractivity (Wildman–Crippen MR) is 64.0 cm³/mol. The highest BCUT2D eigenvalue weighted by Gasteiger charge is 2.15. The molecule has 0 amide bonds. The molecule has 0 fully saturated rings. The van der Waals surface area contributed by atoms with Crippen molar-refractivity contribution in [2.75, 3.05) is 7.05 Å². The number of hydrogen-bond acceptors (Lipinski definition) is 2. The fraction of sp³-hybridized carbons (Fsp3) is 0.538. The molecule has 0 bridgehead atoms. The Hall–Kier alpha value is -1.02. The summed E-state index contributed by atoms with van der Waals surface area (Å²) in [7, 11) is 2.13. The first-order chi connectivity index (χ1) is 7.06. The summed E-state index contributed by atoms with van der Waals surface area (Å²) in [6, 6.07) is 8.40. The Morgan fingerprint density at radius 2 is 2.00 bits per heavy atom. The molecule has 0 saturated carbocycles. The first-order valence-electron chi connectivity index (χ1n) is 5.57. The van der Waals surface area contributed by atoms with Crippen molar-refractivity contribution in [2.45, 2.75) is 39.3 Å².